The summed E-state index contributed by atoms with van der Waals surface area (Å²) in [6.07, 6.45) is -11.9. The minimum Gasteiger partial charge on any atom is -0.200 e. The predicted molar refractivity (Wildman–Crippen MR) is 80.1 cm³/mol. The molecule has 0 spiro atoms. The van der Waals surface area contributed by atoms with Gasteiger partial charge in [-0.25, -0.2) is 0 Å². The molecule has 34 heavy (non-hydrogen) atoms. The fourth-order valence-electron chi connectivity index (χ4n) is 2.51. The minimum absolute atomic E-state index is 0.138. The summed E-state index contributed by atoms with van der Waals surface area (Å²) in [6.45, 7) is 0. The maximum absolute atomic E-state index is 13.7. The third kappa shape index (κ3) is 4.38. The first-order valence-corrected chi connectivity index (χ1v) is 8.58. The van der Waals surface area contributed by atoms with Crippen molar-refractivity contribution in [1.29, 1.82) is 0 Å². The Morgan fingerprint density at radius 1 is 0.441 bits per heavy atom. The summed E-state index contributed by atoms with van der Waals surface area (Å²) < 4.78 is 223. The van der Waals surface area contributed by atoms with Crippen molar-refractivity contribution in [2.75, 3.05) is 0 Å². The Labute approximate surface area is 178 Å². The highest BCUT2D eigenvalue weighted by atomic mass is 19.4. The van der Waals surface area contributed by atoms with Gasteiger partial charge in [0.05, 0.1) is 0 Å². The lowest BCUT2D eigenvalue weighted by Crippen LogP contribution is -2.74. The van der Waals surface area contributed by atoms with Gasteiger partial charge in [0, 0.05) is 6.42 Å². The molecule has 0 heterocycles. The van der Waals surface area contributed by atoms with Crippen LogP contribution in [0.4, 0.5) is 74.6 Å². The van der Waals surface area contributed by atoms with Gasteiger partial charge in [0.1, 0.15) is 0 Å². The van der Waals surface area contributed by atoms with E-state index in [-0.39, 0.29) is 5.56 Å². The average molecular weight is 538 g/mol. The van der Waals surface area contributed by atoms with Gasteiger partial charge in [-0.15, -0.1) is 0 Å². The number of benzene rings is 1. The number of hydrogen-bond donors (Lipinski definition) is 0. The minimum atomic E-state index is -8.59. The van der Waals surface area contributed by atoms with Gasteiger partial charge in [0.15, 0.2) is 0 Å². The molecule has 0 radical (unpaired) electrons. The van der Waals surface area contributed by atoms with E-state index in [1.165, 1.54) is 30.3 Å². The molecule has 1 rings (SSSR count). The van der Waals surface area contributed by atoms with Gasteiger partial charge < -0.3 is 0 Å². The maximum Gasteiger partial charge on any atom is 0.460 e. The Balaban J connectivity index is 3.36. The zero-order valence-corrected chi connectivity index (χ0v) is 15.9. The van der Waals surface area contributed by atoms with Crippen LogP contribution in [0.15, 0.2) is 30.3 Å². The molecule has 17 heteroatoms. The normalized spacial score (nSPS) is 15.6. The monoisotopic (exact) mass is 538 g/mol. The van der Waals surface area contributed by atoms with Gasteiger partial charge in [0.2, 0.25) is 0 Å². The number of alkyl halides is 17. The highest BCUT2D eigenvalue weighted by Gasteiger charge is 2.95. The Kier molecular flexibility index (Phi) is 7.61. The average Bonchev–Trinajstić information content (AvgIpc) is 2.66. The summed E-state index contributed by atoms with van der Waals surface area (Å²) in [4.78, 5) is 0. The van der Waals surface area contributed by atoms with Crippen molar-refractivity contribution in [1.82, 2.24) is 0 Å². The van der Waals surface area contributed by atoms with E-state index in [0.717, 1.165) is 0 Å². The second kappa shape index (κ2) is 8.60. The second-order valence-corrected chi connectivity index (χ2v) is 6.99. The van der Waals surface area contributed by atoms with Crippen molar-refractivity contribution in [2.45, 2.75) is 66.9 Å². The molecule has 0 bridgehead atoms. The SMILES string of the molecule is FC(F)(F)C(F)(F)C(F)(F)C(F)(F)C(F)(F)C(F)(F)C(F)(F)C(F)(F)CCCc1ccccc1. The third-order valence-electron chi connectivity index (χ3n) is 4.59. The van der Waals surface area contributed by atoms with Crippen LogP contribution in [0.5, 0.6) is 0 Å². The van der Waals surface area contributed by atoms with Crippen molar-refractivity contribution in [3.8, 4) is 0 Å². The first-order valence-electron chi connectivity index (χ1n) is 8.58. The molecule has 0 saturated carbocycles. The smallest absolute Gasteiger partial charge is 0.200 e. The summed E-state index contributed by atoms with van der Waals surface area (Å²) in [5.41, 5.74) is 0.138. The largest absolute Gasteiger partial charge is 0.460 e. The van der Waals surface area contributed by atoms with E-state index in [2.05, 4.69) is 0 Å². The first-order chi connectivity index (χ1) is 14.8. The van der Waals surface area contributed by atoms with E-state index in [1.54, 1.807) is 0 Å². The van der Waals surface area contributed by atoms with Crippen LogP contribution in [0, 0.1) is 0 Å². The van der Waals surface area contributed by atoms with Crippen LogP contribution < -0.4 is 0 Å². The van der Waals surface area contributed by atoms with Crippen molar-refractivity contribution < 1.29 is 74.6 Å². The van der Waals surface area contributed by atoms with Crippen molar-refractivity contribution >= 4 is 0 Å². The molecule has 198 valence electrons. The van der Waals surface area contributed by atoms with Gasteiger partial charge in [-0.3, -0.25) is 0 Å². The zero-order valence-electron chi connectivity index (χ0n) is 15.9. The number of aryl methyl sites for hydroxylation is 1. The molecule has 0 atom stereocenters. The van der Waals surface area contributed by atoms with Crippen molar-refractivity contribution in [3.63, 3.8) is 0 Å². The highest BCUT2D eigenvalue weighted by Crippen LogP contribution is 2.64. The molecule has 0 aliphatic rings. The molecule has 0 N–H and O–H groups in total. The van der Waals surface area contributed by atoms with Crippen LogP contribution in [-0.4, -0.2) is 47.6 Å². The molecule has 0 unspecified atom stereocenters. The molecule has 0 saturated heterocycles. The molecule has 0 aromatic heterocycles. The Bertz CT molecular complexity index is 822. The van der Waals surface area contributed by atoms with E-state index < -0.39 is 66.9 Å². The lowest BCUT2D eigenvalue weighted by molar-refractivity contribution is -0.461. The van der Waals surface area contributed by atoms with E-state index in [0.29, 0.717) is 0 Å². The summed E-state index contributed by atoms with van der Waals surface area (Å²) in [5.74, 6) is -55.9. The van der Waals surface area contributed by atoms with Crippen LogP contribution >= 0.6 is 0 Å². The van der Waals surface area contributed by atoms with Gasteiger partial charge in [-0.1, -0.05) is 30.3 Å². The van der Waals surface area contributed by atoms with E-state index in [4.69, 9.17) is 0 Å². The fraction of sp³-hybridized carbons (Fsp3) is 0.647. The molecular formula is C17H11F17. The quantitative estimate of drug-likeness (QED) is 0.265. The van der Waals surface area contributed by atoms with Gasteiger partial charge in [0.25, 0.3) is 0 Å². The van der Waals surface area contributed by atoms with E-state index in [9.17, 15) is 74.6 Å². The fourth-order valence-corrected chi connectivity index (χ4v) is 2.51. The van der Waals surface area contributed by atoms with E-state index >= 15 is 0 Å². The van der Waals surface area contributed by atoms with Gasteiger partial charge in [-0.2, -0.15) is 74.6 Å². The highest BCUT2D eigenvalue weighted by molar-refractivity contribution is 5.16. The number of hydrogen-bond acceptors (Lipinski definition) is 0. The zero-order chi connectivity index (χ0) is 27.2. The first kappa shape index (κ1) is 30.1. The van der Waals surface area contributed by atoms with Crippen LogP contribution in [0.3, 0.4) is 0 Å². The topological polar surface area (TPSA) is 0 Å². The Morgan fingerprint density at radius 2 is 0.794 bits per heavy atom. The van der Waals surface area contributed by atoms with E-state index in [1.807, 2.05) is 0 Å². The summed E-state index contributed by atoms with van der Waals surface area (Å²) in [6, 6.07) is 6.49. The molecule has 1 aromatic carbocycles. The molecule has 0 amide bonds. The second-order valence-electron chi connectivity index (χ2n) is 6.99. The maximum atomic E-state index is 13.7. The Hall–Kier alpha value is -1.97. The standard InChI is InChI=1S/C17H11F17/c18-10(19,8-4-7-9-5-2-1-3-6-9)11(20,21)12(22,23)13(24,25)14(26,27)15(28,29)16(30,31)17(32,33)34/h1-3,5-6H,4,7-8H2. The van der Waals surface area contributed by atoms with Gasteiger partial charge >= 0.3 is 47.6 Å². The van der Waals surface area contributed by atoms with Crippen LogP contribution in [0.1, 0.15) is 18.4 Å². The molecule has 1 aromatic rings. The van der Waals surface area contributed by atoms with Crippen LogP contribution in [0.25, 0.3) is 0 Å². The Morgan fingerprint density at radius 3 is 1.18 bits per heavy atom. The van der Waals surface area contributed by atoms with Gasteiger partial charge in [-0.05, 0) is 18.4 Å². The summed E-state index contributed by atoms with van der Waals surface area (Å²) in [5, 5.41) is 0. The molecular weight excluding hydrogens is 527 g/mol. The molecule has 0 aliphatic heterocycles. The lowest BCUT2D eigenvalue weighted by atomic mass is 9.87. The molecule has 0 nitrogen and oxygen atoms in total. The van der Waals surface area contributed by atoms with Crippen molar-refractivity contribution in [3.05, 3.63) is 35.9 Å². The van der Waals surface area contributed by atoms with Crippen molar-refractivity contribution in [2.24, 2.45) is 0 Å². The lowest BCUT2D eigenvalue weighted by Gasteiger charge is -2.42. The number of rotatable bonds is 10. The van der Waals surface area contributed by atoms with Crippen LogP contribution in [-0.2, 0) is 6.42 Å². The van der Waals surface area contributed by atoms with Crippen LogP contribution in [0.2, 0.25) is 0 Å². The summed E-state index contributed by atoms with van der Waals surface area (Å²) >= 11 is 0. The summed E-state index contributed by atoms with van der Waals surface area (Å²) in [7, 11) is 0. The number of halogens is 17. The third-order valence-corrected chi connectivity index (χ3v) is 4.59. The predicted octanol–water partition coefficient (Wildman–Crippen LogP) is 8.02. The molecule has 0 fully saturated rings. The molecule has 0 aliphatic carbocycles.